The van der Waals surface area contributed by atoms with Crippen molar-refractivity contribution >= 4 is 21.8 Å². The number of benzene rings is 1. The lowest BCUT2D eigenvalue weighted by atomic mass is 10.1. The van der Waals surface area contributed by atoms with Crippen LogP contribution in [0.3, 0.4) is 0 Å². The molecule has 0 atom stereocenters. The zero-order valence-corrected chi connectivity index (χ0v) is 14.2. The zero-order chi connectivity index (χ0) is 17.1. The molecule has 0 amide bonds. The molecule has 5 nitrogen and oxygen atoms in total. The van der Waals surface area contributed by atoms with Gasteiger partial charge in [-0.3, -0.25) is 0 Å². The number of terminal acetylenes is 1. The number of pyridine rings is 1. The van der Waals surface area contributed by atoms with Crippen LogP contribution in [0.4, 0.5) is 0 Å². The highest BCUT2D eigenvalue weighted by Gasteiger charge is 2.13. The first-order valence-corrected chi connectivity index (χ1v) is 7.86. The molecule has 2 aromatic heterocycles. The van der Waals surface area contributed by atoms with Crippen LogP contribution >= 0.6 is 0 Å². The number of H-pyrrole nitrogens is 1. The second-order valence-electron chi connectivity index (χ2n) is 5.91. The molecule has 1 aromatic carbocycles. The molecule has 1 N–H and O–H groups in total. The minimum absolute atomic E-state index is 0.625. The summed E-state index contributed by atoms with van der Waals surface area (Å²) in [5.41, 5.74) is 2.54. The summed E-state index contributed by atoms with van der Waals surface area (Å²) in [5, 5.41) is 1.93. The number of aromatic amines is 1. The summed E-state index contributed by atoms with van der Waals surface area (Å²) in [6.07, 6.45) is 8.25. The quantitative estimate of drug-likeness (QED) is 0.559. The summed E-state index contributed by atoms with van der Waals surface area (Å²) in [5.74, 6) is 4.07. The predicted molar refractivity (Wildman–Crippen MR) is 96.8 cm³/mol. The molecular weight excluding hydrogens is 302 g/mol. The Morgan fingerprint density at radius 2 is 2.08 bits per heavy atom. The average Bonchev–Trinajstić information content (AvgIpc) is 2.95. The second-order valence-corrected chi connectivity index (χ2v) is 5.91. The van der Waals surface area contributed by atoms with Gasteiger partial charge in [-0.2, -0.15) is 0 Å². The Balaban J connectivity index is 2.00. The van der Waals surface area contributed by atoms with Crippen LogP contribution in [0.25, 0.3) is 21.8 Å². The molecule has 0 bridgehead atoms. The zero-order valence-electron chi connectivity index (χ0n) is 14.2. The fourth-order valence-corrected chi connectivity index (χ4v) is 2.80. The molecule has 2 heterocycles. The summed E-state index contributed by atoms with van der Waals surface area (Å²) in [6, 6.07) is 5.84. The highest BCUT2D eigenvalue weighted by Crippen LogP contribution is 2.36. The Labute approximate surface area is 141 Å². The van der Waals surface area contributed by atoms with Crippen LogP contribution in [0.2, 0.25) is 0 Å². The second kappa shape index (κ2) is 6.81. The minimum atomic E-state index is 0.625. The van der Waals surface area contributed by atoms with E-state index in [2.05, 4.69) is 20.8 Å². The summed E-state index contributed by atoms with van der Waals surface area (Å²) in [7, 11) is 5.74. The van der Waals surface area contributed by atoms with Crippen LogP contribution < -0.4 is 9.47 Å². The van der Waals surface area contributed by atoms with E-state index >= 15 is 0 Å². The molecule has 24 heavy (non-hydrogen) atoms. The number of rotatable bonds is 6. The molecule has 3 rings (SSSR count). The van der Waals surface area contributed by atoms with Crippen LogP contribution in [0.15, 0.2) is 24.4 Å². The highest BCUT2D eigenvalue weighted by atomic mass is 16.5. The van der Waals surface area contributed by atoms with Gasteiger partial charge in [0.2, 0.25) is 0 Å². The van der Waals surface area contributed by atoms with Gasteiger partial charge in [-0.15, -0.1) is 6.42 Å². The van der Waals surface area contributed by atoms with Gasteiger partial charge in [0.25, 0.3) is 0 Å². The van der Waals surface area contributed by atoms with E-state index < -0.39 is 0 Å². The molecule has 0 aliphatic rings. The summed E-state index contributed by atoms with van der Waals surface area (Å²) < 4.78 is 11.4. The number of nitrogens with one attached hydrogen (secondary N) is 1. The number of hydrogen-bond acceptors (Lipinski definition) is 4. The highest BCUT2D eigenvalue weighted by molar-refractivity contribution is 6.10. The monoisotopic (exact) mass is 323 g/mol. The van der Waals surface area contributed by atoms with Gasteiger partial charge in [-0.25, -0.2) is 4.98 Å². The van der Waals surface area contributed by atoms with Gasteiger partial charge in [-0.1, -0.05) is 0 Å². The van der Waals surface area contributed by atoms with Crippen molar-refractivity contribution in [2.24, 2.45) is 0 Å². The van der Waals surface area contributed by atoms with Crippen molar-refractivity contribution in [3.05, 3.63) is 30.1 Å². The number of fused-ring (bicyclic) bond motifs is 3. The Kier molecular flexibility index (Phi) is 4.59. The number of methoxy groups -OCH3 is 1. The van der Waals surface area contributed by atoms with E-state index in [4.69, 9.17) is 15.9 Å². The lowest BCUT2D eigenvalue weighted by Crippen LogP contribution is -2.15. The molecule has 0 aliphatic heterocycles. The lowest BCUT2D eigenvalue weighted by Gasteiger charge is -2.13. The van der Waals surface area contributed by atoms with E-state index in [9.17, 15) is 0 Å². The molecule has 0 saturated carbocycles. The van der Waals surface area contributed by atoms with Gasteiger partial charge in [0.1, 0.15) is 5.69 Å². The fraction of sp³-hybridized carbons (Fsp3) is 0.316. The SMILES string of the molecule is C#Cc1nccc2[nH]c3cc(OCCCN(C)C)c(OC)cc3c12. The van der Waals surface area contributed by atoms with Crippen molar-refractivity contribution in [1.82, 2.24) is 14.9 Å². The van der Waals surface area contributed by atoms with Gasteiger partial charge in [0.05, 0.1) is 24.8 Å². The van der Waals surface area contributed by atoms with Crippen LogP contribution in [0.5, 0.6) is 11.5 Å². The Hall–Kier alpha value is -2.71. The first-order valence-electron chi connectivity index (χ1n) is 7.86. The molecule has 0 saturated heterocycles. The Bertz CT molecular complexity index is 906. The van der Waals surface area contributed by atoms with Gasteiger partial charge in [0, 0.05) is 29.6 Å². The van der Waals surface area contributed by atoms with E-state index in [1.165, 1.54) is 0 Å². The number of nitrogens with zero attached hydrogens (tertiary/aromatic N) is 2. The maximum absolute atomic E-state index is 5.91. The first-order chi connectivity index (χ1) is 11.6. The lowest BCUT2D eigenvalue weighted by molar-refractivity contribution is 0.268. The predicted octanol–water partition coefficient (Wildman–Crippen LogP) is 3.04. The molecular formula is C19H21N3O2. The van der Waals surface area contributed by atoms with Crippen molar-refractivity contribution in [2.45, 2.75) is 6.42 Å². The van der Waals surface area contributed by atoms with Crippen LogP contribution in [-0.4, -0.2) is 49.2 Å². The normalized spacial score (nSPS) is 11.1. The summed E-state index contributed by atoms with van der Waals surface area (Å²) >= 11 is 0. The minimum Gasteiger partial charge on any atom is -0.493 e. The third-order valence-electron chi connectivity index (χ3n) is 3.94. The van der Waals surface area contributed by atoms with E-state index in [1.54, 1.807) is 13.3 Å². The van der Waals surface area contributed by atoms with Crippen molar-refractivity contribution in [3.8, 4) is 23.8 Å². The van der Waals surface area contributed by atoms with E-state index in [0.717, 1.165) is 40.5 Å². The molecule has 3 aromatic rings. The van der Waals surface area contributed by atoms with Crippen molar-refractivity contribution in [2.75, 3.05) is 34.4 Å². The molecule has 0 unspecified atom stereocenters. The fourth-order valence-electron chi connectivity index (χ4n) is 2.80. The van der Waals surface area contributed by atoms with Crippen LogP contribution in [-0.2, 0) is 0 Å². The van der Waals surface area contributed by atoms with E-state index in [0.29, 0.717) is 18.1 Å². The molecule has 0 aliphatic carbocycles. The van der Waals surface area contributed by atoms with Gasteiger partial charge < -0.3 is 19.4 Å². The van der Waals surface area contributed by atoms with E-state index in [1.807, 2.05) is 32.3 Å². The third kappa shape index (κ3) is 3.01. The number of aromatic nitrogens is 2. The van der Waals surface area contributed by atoms with Gasteiger partial charge >= 0.3 is 0 Å². The molecule has 0 radical (unpaired) electrons. The largest absolute Gasteiger partial charge is 0.493 e. The standard InChI is InChI=1S/C19H21N3O2/c1-5-14-19-13-11-17(23-4)18(24-10-6-9-22(2)3)12-16(13)21-15(19)7-8-20-14/h1,7-8,11-12,21H,6,9-10H2,2-4H3. The molecule has 5 heteroatoms. The Morgan fingerprint density at radius 3 is 2.79 bits per heavy atom. The number of ether oxygens (including phenoxy) is 2. The van der Waals surface area contributed by atoms with Gasteiger partial charge in [-0.05, 0) is 38.6 Å². The van der Waals surface area contributed by atoms with Gasteiger partial charge in [0.15, 0.2) is 11.5 Å². The molecule has 0 fully saturated rings. The first kappa shape index (κ1) is 16.2. The third-order valence-corrected chi connectivity index (χ3v) is 3.94. The molecule has 0 spiro atoms. The Morgan fingerprint density at radius 1 is 1.25 bits per heavy atom. The maximum atomic E-state index is 5.91. The summed E-state index contributed by atoms with van der Waals surface area (Å²) in [4.78, 5) is 9.78. The molecule has 124 valence electrons. The summed E-state index contributed by atoms with van der Waals surface area (Å²) in [6.45, 7) is 1.62. The van der Waals surface area contributed by atoms with Crippen LogP contribution in [0.1, 0.15) is 12.1 Å². The van der Waals surface area contributed by atoms with Crippen LogP contribution in [0, 0.1) is 12.3 Å². The number of hydrogen-bond donors (Lipinski definition) is 1. The van der Waals surface area contributed by atoms with E-state index in [-0.39, 0.29) is 0 Å². The smallest absolute Gasteiger partial charge is 0.163 e. The van der Waals surface area contributed by atoms with Crippen molar-refractivity contribution in [1.29, 1.82) is 0 Å². The van der Waals surface area contributed by atoms with Crippen molar-refractivity contribution in [3.63, 3.8) is 0 Å². The maximum Gasteiger partial charge on any atom is 0.163 e. The van der Waals surface area contributed by atoms with Crippen molar-refractivity contribution < 1.29 is 9.47 Å². The topological polar surface area (TPSA) is 50.4 Å². The average molecular weight is 323 g/mol.